The molecule has 2 N–H and O–H groups in total. The van der Waals surface area contributed by atoms with Crippen LogP contribution in [0.2, 0.25) is 0 Å². The minimum atomic E-state index is -0.333. The maximum atomic E-state index is 10.4. The zero-order chi connectivity index (χ0) is 17.1. The van der Waals surface area contributed by atoms with Gasteiger partial charge in [0.2, 0.25) is 5.82 Å². The second-order valence-corrected chi connectivity index (χ2v) is 6.35. The maximum absolute atomic E-state index is 10.4. The molecular weight excluding hydrogens is 318 g/mol. The predicted molar refractivity (Wildman–Crippen MR) is 90.1 cm³/mol. The van der Waals surface area contributed by atoms with Gasteiger partial charge in [0.05, 0.1) is 11.8 Å². The maximum Gasteiger partial charge on any atom is 0.204 e. The molecule has 0 saturated carbocycles. The summed E-state index contributed by atoms with van der Waals surface area (Å²) in [6.45, 7) is 2.34. The molecule has 8 nitrogen and oxygen atoms in total. The Labute approximate surface area is 144 Å². The monoisotopic (exact) mass is 337 g/mol. The quantitative estimate of drug-likeness (QED) is 0.706. The van der Waals surface area contributed by atoms with Crippen LogP contribution in [0.15, 0.2) is 42.9 Å². The van der Waals surface area contributed by atoms with E-state index >= 15 is 0 Å². The number of likely N-dealkylation sites (tertiary alicyclic amines) is 1. The number of nitrogens with zero attached hydrogens (tertiary/aromatic N) is 6. The molecule has 0 amide bonds. The molecule has 0 unspecified atom stereocenters. The highest BCUT2D eigenvalue weighted by Crippen LogP contribution is 2.23. The third-order valence-corrected chi connectivity index (χ3v) is 4.53. The summed E-state index contributed by atoms with van der Waals surface area (Å²) in [6.07, 6.45) is 5.55. The number of benzene rings is 1. The van der Waals surface area contributed by atoms with E-state index in [1.807, 2.05) is 12.1 Å². The number of hydrogen-bond acceptors (Lipinski definition) is 7. The van der Waals surface area contributed by atoms with Crippen molar-refractivity contribution in [2.45, 2.75) is 19.1 Å². The summed E-state index contributed by atoms with van der Waals surface area (Å²) in [7, 11) is 0. The zero-order valence-electron chi connectivity index (χ0n) is 13.7. The smallest absolute Gasteiger partial charge is 0.204 e. The van der Waals surface area contributed by atoms with Crippen molar-refractivity contribution >= 4 is 0 Å². The topological polar surface area (TPSA) is 104 Å². The van der Waals surface area contributed by atoms with Gasteiger partial charge in [0.15, 0.2) is 0 Å². The first-order chi connectivity index (χ1) is 12.3. The molecule has 0 radical (unpaired) electrons. The minimum Gasteiger partial charge on any atom is -0.391 e. The van der Waals surface area contributed by atoms with Gasteiger partial charge in [0, 0.05) is 49.7 Å². The molecule has 0 bridgehead atoms. The lowest BCUT2D eigenvalue weighted by Gasteiger charge is -2.15. The van der Waals surface area contributed by atoms with Crippen molar-refractivity contribution < 1.29 is 5.11 Å². The number of nitrogens with one attached hydrogen (secondary N) is 1. The van der Waals surface area contributed by atoms with E-state index in [0.29, 0.717) is 12.4 Å². The van der Waals surface area contributed by atoms with Gasteiger partial charge in [0.1, 0.15) is 0 Å². The second kappa shape index (κ2) is 7.04. The molecule has 4 rings (SSSR count). The number of H-pyrrole nitrogens is 1. The fourth-order valence-corrected chi connectivity index (χ4v) is 3.28. The lowest BCUT2D eigenvalue weighted by atomic mass is 10.0. The molecular formula is C17H19N7O. The van der Waals surface area contributed by atoms with E-state index in [9.17, 15) is 5.11 Å². The number of rotatable bonds is 5. The molecule has 1 aromatic carbocycles. The summed E-state index contributed by atoms with van der Waals surface area (Å²) in [6, 6.07) is 8.11. The molecule has 3 heterocycles. The standard InChI is InChI=1S/C17H19N7O/c25-16-11-24(10-14(16)7-15-8-18-5-6-19-15)9-12-1-3-13(4-2-12)17-20-22-23-21-17/h1-6,8,14,16,25H,7,9-11H2,(H,20,21,22,23)/t14-,16-/m1/s1. The van der Waals surface area contributed by atoms with E-state index in [0.717, 1.165) is 30.8 Å². The third kappa shape index (κ3) is 3.70. The van der Waals surface area contributed by atoms with Crippen molar-refractivity contribution in [3.8, 4) is 11.4 Å². The lowest BCUT2D eigenvalue weighted by molar-refractivity contribution is 0.140. The van der Waals surface area contributed by atoms with Crippen LogP contribution in [-0.4, -0.2) is 59.8 Å². The van der Waals surface area contributed by atoms with Crippen LogP contribution in [-0.2, 0) is 13.0 Å². The van der Waals surface area contributed by atoms with Crippen LogP contribution < -0.4 is 0 Å². The molecule has 8 heteroatoms. The van der Waals surface area contributed by atoms with Crippen molar-refractivity contribution in [2.24, 2.45) is 5.92 Å². The largest absolute Gasteiger partial charge is 0.391 e. The normalized spacial score (nSPS) is 20.8. The van der Waals surface area contributed by atoms with Crippen molar-refractivity contribution in [3.05, 3.63) is 54.1 Å². The summed E-state index contributed by atoms with van der Waals surface area (Å²) < 4.78 is 0. The van der Waals surface area contributed by atoms with Crippen molar-refractivity contribution in [2.75, 3.05) is 13.1 Å². The first-order valence-corrected chi connectivity index (χ1v) is 8.26. The Kier molecular flexibility index (Phi) is 4.45. The fourth-order valence-electron chi connectivity index (χ4n) is 3.28. The number of tetrazole rings is 1. The van der Waals surface area contributed by atoms with E-state index in [4.69, 9.17) is 0 Å². The van der Waals surface area contributed by atoms with Crippen molar-refractivity contribution in [1.29, 1.82) is 0 Å². The summed E-state index contributed by atoms with van der Waals surface area (Å²) in [4.78, 5) is 10.7. The van der Waals surface area contributed by atoms with Gasteiger partial charge in [-0.25, -0.2) is 0 Å². The lowest BCUT2D eigenvalue weighted by Crippen LogP contribution is -2.21. The van der Waals surface area contributed by atoms with Crippen LogP contribution in [0.5, 0.6) is 0 Å². The van der Waals surface area contributed by atoms with E-state index in [-0.39, 0.29) is 12.0 Å². The van der Waals surface area contributed by atoms with Crippen LogP contribution in [0.25, 0.3) is 11.4 Å². The molecule has 25 heavy (non-hydrogen) atoms. The Hall–Kier alpha value is -2.71. The third-order valence-electron chi connectivity index (χ3n) is 4.53. The average Bonchev–Trinajstić information content (AvgIpc) is 3.27. The van der Waals surface area contributed by atoms with Crippen LogP contribution >= 0.6 is 0 Å². The fraction of sp³-hybridized carbons (Fsp3) is 0.353. The van der Waals surface area contributed by atoms with Crippen molar-refractivity contribution in [3.63, 3.8) is 0 Å². The molecule has 0 spiro atoms. The van der Waals surface area contributed by atoms with E-state index in [1.54, 1.807) is 18.6 Å². The van der Waals surface area contributed by atoms with Crippen LogP contribution in [0.3, 0.4) is 0 Å². The molecule has 1 fully saturated rings. The Balaban J connectivity index is 1.37. The Morgan fingerprint density at radius 3 is 2.76 bits per heavy atom. The van der Waals surface area contributed by atoms with Gasteiger partial charge in [0.25, 0.3) is 0 Å². The first-order valence-electron chi connectivity index (χ1n) is 8.26. The zero-order valence-corrected chi connectivity index (χ0v) is 13.7. The van der Waals surface area contributed by atoms with E-state index in [2.05, 4.69) is 47.6 Å². The summed E-state index contributed by atoms with van der Waals surface area (Å²) in [5.41, 5.74) is 3.05. The number of hydrogen-bond donors (Lipinski definition) is 2. The molecule has 3 aromatic rings. The Morgan fingerprint density at radius 1 is 1.16 bits per heavy atom. The SMILES string of the molecule is O[C@@H]1CN(Cc2ccc(-c3nn[nH]n3)cc2)C[C@H]1Cc1cnccn1. The first kappa shape index (κ1) is 15.8. The van der Waals surface area contributed by atoms with Crippen molar-refractivity contribution in [1.82, 2.24) is 35.5 Å². The summed E-state index contributed by atoms with van der Waals surface area (Å²) in [5, 5.41) is 24.3. The average molecular weight is 337 g/mol. The number of aliphatic hydroxyl groups is 1. The summed E-state index contributed by atoms with van der Waals surface area (Å²) >= 11 is 0. The van der Waals surface area contributed by atoms with E-state index in [1.165, 1.54) is 5.56 Å². The molecule has 128 valence electrons. The van der Waals surface area contributed by atoms with Gasteiger partial charge in [-0.05, 0) is 17.2 Å². The highest BCUT2D eigenvalue weighted by molar-refractivity contribution is 5.54. The van der Waals surface area contributed by atoms with Crippen LogP contribution in [0.4, 0.5) is 0 Å². The molecule has 0 aliphatic carbocycles. The van der Waals surface area contributed by atoms with Gasteiger partial charge in [-0.3, -0.25) is 14.9 Å². The van der Waals surface area contributed by atoms with Gasteiger partial charge in [-0.1, -0.05) is 24.3 Å². The number of aliphatic hydroxyl groups excluding tert-OH is 1. The predicted octanol–water partition coefficient (Wildman–Crippen LogP) is 0.692. The molecule has 1 aliphatic rings. The van der Waals surface area contributed by atoms with Gasteiger partial charge in [-0.2, -0.15) is 5.21 Å². The Morgan fingerprint density at radius 2 is 2.04 bits per heavy atom. The second-order valence-electron chi connectivity index (χ2n) is 6.35. The molecule has 2 aromatic heterocycles. The van der Waals surface area contributed by atoms with Crippen LogP contribution in [0, 0.1) is 5.92 Å². The molecule has 2 atom stereocenters. The summed E-state index contributed by atoms with van der Waals surface area (Å²) in [5.74, 6) is 0.780. The molecule has 1 aliphatic heterocycles. The number of β-amino-alcohol motifs (C(OH)–C–C–N with tert-alkyl or cyclic N) is 1. The number of aromatic nitrogens is 6. The minimum absolute atomic E-state index is 0.190. The van der Waals surface area contributed by atoms with E-state index < -0.39 is 0 Å². The van der Waals surface area contributed by atoms with Gasteiger partial charge < -0.3 is 5.11 Å². The highest BCUT2D eigenvalue weighted by atomic mass is 16.3. The van der Waals surface area contributed by atoms with Gasteiger partial charge in [-0.15, -0.1) is 10.2 Å². The molecule has 1 saturated heterocycles. The number of aromatic amines is 1. The Bertz CT molecular complexity index is 792. The van der Waals surface area contributed by atoms with Gasteiger partial charge >= 0.3 is 0 Å². The highest BCUT2D eigenvalue weighted by Gasteiger charge is 2.31. The van der Waals surface area contributed by atoms with Crippen LogP contribution in [0.1, 0.15) is 11.3 Å².